The van der Waals surface area contributed by atoms with Crippen LogP contribution in [0.4, 0.5) is 0 Å². The fraction of sp³-hybridized carbons (Fsp3) is 0.625. The highest BCUT2D eigenvalue weighted by Crippen LogP contribution is 2.15. The van der Waals surface area contributed by atoms with Crippen molar-refractivity contribution >= 4 is 17.6 Å². The van der Waals surface area contributed by atoms with Gasteiger partial charge in [-0.15, -0.1) is 0 Å². The largest absolute Gasteiger partial charge is 0.494 e. The van der Waals surface area contributed by atoms with Crippen LogP contribution < -0.4 is 4.74 Å². The van der Waals surface area contributed by atoms with E-state index in [1.807, 2.05) is 16.7 Å². The first kappa shape index (κ1) is 23.3. The SMILES string of the molecule is CCCOc1ccc(C(=O)CCC(=O)N2CCN(CC(=O)N3CCCCC3)CC2)cc1. The standard InChI is InChI=1S/C24H35N3O4/c1-2-18-31-21-8-6-20(7-9-21)22(28)10-11-23(29)27-16-14-25(15-17-27)19-24(30)26-12-4-3-5-13-26/h6-9H,2-5,10-19H2,1H3. The summed E-state index contributed by atoms with van der Waals surface area (Å²) < 4.78 is 5.53. The van der Waals surface area contributed by atoms with E-state index in [9.17, 15) is 14.4 Å². The highest BCUT2D eigenvalue weighted by Gasteiger charge is 2.25. The van der Waals surface area contributed by atoms with Gasteiger partial charge < -0.3 is 14.5 Å². The normalized spacial score (nSPS) is 17.5. The Morgan fingerprint density at radius 3 is 2.10 bits per heavy atom. The van der Waals surface area contributed by atoms with E-state index in [1.165, 1.54) is 6.42 Å². The van der Waals surface area contributed by atoms with E-state index in [4.69, 9.17) is 4.74 Å². The van der Waals surface area contributed by atoms with Crippen molar-refractivity contribution in [3.8, 4) is 5.75 Å². The van der Waals surface area contributed by atoms with Crippen molar-refractivity contribution in [2.75, 3.05) is 52.4 Å². The fourth-order valence-electron chi connectivity index (χ4n) is 4.07. The monoisotopic (exact) mass is 429 g/mol. The van der Waals surface area contributed by atoms with Crippen molar-refractivity contribution in [1.82, 2.24) is 14.7 Å². The maximum Gasteiger partial charge on any atom is 0.236 e. The minimum atomic E-state index is -0.0267. The first-order valence-electron chi connectivity index (χ1n) is 11.6. The average molecular weight is 430 g/mol. The first-order chi connectivity index (χ1) is 15.1. The minimum absolute atomic E-state index is 0.0123. The zero-order valence-corrected chi connectivity index (χ0v) is 18.7. The lowest BCUT2D eigenvalue weighted by molar-refractivity contribution is -0.135. The Hall–Kier alpha value is -2.41. The molecule has 2 heterocycles. The molecule has 0 bridgehead atoms. The number of benzene rings is 1. The van der Waals surface area contributed by atoms with E-state index < -0.39 is 0 Å². The van der Waals surface area contributed by atoms with Gasteiger partial charge >= 0.3 is 0 Å². The number of amides is 2. The molecule has 1 aromatic carbocycles. The summed E-state index contributed by atoms with van der Waals surface area (Å²) in [5, 5.41) is 0. The molecule has 0 radical (unpaired) electrons. The summed E-state index contributed by atoms with van der Waals surface area (Å²) in [5.74, 6) is 0.946. The molecule has 0 saturated carbocycles. The molecular formula is C24H35N3O4. The number of piperidine rings is 1. The van der Waals surface area contributed by atoms with Crippen molar-refractivity contribution in [3.05, 3.63) is 29.8 Å². The number of carbonyl (C=O) groups excluding carboxylic acids is 3. The molecule has 0 N–H and O–H groups in total. The molecule has 0 atom stereocenters. The third-order valence-corrected chi connectivity index (χ3v) is 6.01. The van der Waals surface area contributed by atoms with Gasteiger partial charge in [0.1, 0.15) is 5.75 Å². The molecule has 1 aromatic rings. The Labute approximate surface area is 185 Å². The fourth-order valence-corrected chi connectivity index (χ4v) is 4.07. The quantitative estimate of drug-likeness (QED) is 0.565. The third-order valence-electron chi connectivity index (χ3n) is 6.01. The van der Waals surface area contributed by atoms with Crippen LogP contribution in [0.5, 0.6) is 5.75 Å². The van der Waals surface area contributed by atoms with E-state index in [1.54, 1.807) is 24.3 Å². The average Bonchev–Trinajstić information content (AvgIpc) is 2.82. The van der Waals surface area contributed by atoms with Crippen LogP contribution in [0.2, 0.25) is 0 Å². The summed E-state index contributed by atoms with van der Waals surface area (Å²) in [6, 6.07) is 7.12. The molecule has 2 aliphatic rings. The topological polar surface area (TPSA) is 70.2 Å². The van der Waals surface area contributed by atoms with Crippen molar-refractivity contribution in [2.45, 2.75) is 45.4 Å². The first-order valence-corrected chi connectivity index (χ1v) is 11.6. The number of Topliss-reactive ketones (excluding diaryl/α,β-unsaturated/α-hetero) is 1. The smallest absolute Gasteiger partial charge is 0.236 e. The summed E-state index contributed by atoms with van der Waals surface area (Å²) in [6.07, 6.45) is 4.78. The number of rotatable bonds is 9. The van der Waals surface area contributed by atoms with Crippen molar-refractivity contribution in [3.63, 3.8) is 0 Å². The van der Waals surface area contributed by atoms with E-state index >= 15 is 0 Å². The van der Waals surface area contributed by atoms with Crippen molar-refractivity contribution in [1.29, 1.82) is 0 Å². The van der Waals surface area contributed by atoms with E-state index in [0.717, 1.165) is 38.1 Å². The van der Waals surface area contributed by atoms with E-state index in [2.05, 4.69) is 4.90 Å². The van der Waals surface area contributed by atoms with Gasteiger partial charge in [0, 0.05) is 57.7 Å². The molecule has 3 rings (SSSR count). The van der Waals surface area contributed by atoms with Crippen LogP contribution in [0.1, 0.15) is 55.8 Å². The molecule has 0 aliphatic carbocycles. The van der Waals surface area contributed by atoms with Crippen LogP contribution in [0.15, 0.2) is 24.3 Å². The van der Waals surface area contributed by atoms with Gasteiger partial charge in [-0.3, -0.25) is 19.3 Å². The van der Waals surface area contributed by atoms with Gasteiger partial charge in [0.15, 0.2) is 5.78 Å². The lowest BCUT2D eigenvalue weighted by Gasteiger charge is -2.36. The van der Waals surface area contributed by atoms with E-state index in [0.29, 0.717) is 44.9 Å². The molecule has 2 aliphatic heterocycles. The number of piperazine rings is 1. The molecule has 0 unspecified atom stereocenters. The Balaban J connectivity index is 1.36. The Bertz CT molecular complexity index is 736. The second kappa shape index (κ2) is 11.8. The molecule has 7 nitrogen and oxygen atoms in total. The molecule has 31 heavy (non-hydrogen) atoms. The third kappa shape index (κ3) is 7.06. The van der Waals surface area contributed by atoms with Crippen LogP contribution in [0.25, 0.3) is 0 Å². The molecule has 170 valence electrons. The van der Waals surface area contributed by atoms with Gasteiger partial charge in [-0.1, -0.05) is 6.92 Å². The zero-order valence-electron chi connectivity index (χ0n) is 18.7. The number of likely N-dealkylation sites (tertiary alicyclic amines) is 1. The van der Waals surface area contributed by atoms with Crippen molar-refractivity contribution in [2.24, 2.45) is 0 Å². The molecule has 2 fully saturated rings. The number of hydrogen-bond donors (Lipinski definition) is 0. The predicted octanol–water partition coefficient (Wildman–Crippen LogP) is 2.60. The number of carbonyl (C=O) groups is 3. The van der Waals surface area contributed by atoms with Gasteiger partial charge in [0.2, 0.25) is 11.8 Å². The van der Waals surface area contributed by atoms with Crippen LogP contribution in [-0.2, 0) is 9.59 Å². The zero-order chi connectivity index (χ0) is 22.1. The highest BCUT2D eigenvalue weighted by atomic mass is 16.5. The minimum Gasteiger partial charge on any atom is -0.494 e. The molecule has 7 heteroatoms. The molecule has 2 amide bonds. The Morgan fingerprint density at radius 1 is 0.806 bits per heavy atom. The maximum absolute atomic E-state index is 12.5. The lowest BCUT2D eigenvalue weighted by Crippen LogP contribution is -2.52. The number of nitrogens with zero attached hydrogens (tertiary/aromatic N) is 3. The Kier molecular flexibility index (Phi) is 8.88. The van der Waals surface area contributed by atoms with Crippen molar-refractivity contribution < 1.29 is 19.1 Å². The maximum atomic E-state index is 12.5. The molecular weight excluding hydrogens is 394 g/mol. The molecule has 0 spiro atoms. The number of hydrogen-bond acceptors (Lipinski definition) is 5. The van der Waals surface area contributed by atoms with Gasteiger partial charge in [-0.2, -0.15) is 0 Å². The van der Waals surface area contributed by atoms with Gasteiger partial charge in [-0.25, -0.2) is 0 Å². The summed E-state index contributed by atoms with van der Waals surface area (Å²) in [4.78, 5) is 43.3. The molecule has 0 aromatic heterocycles. The number of ether oxygens (including phenoxy) is 1. The molecule has 2 saturated heterocycles. The lowest BCUT2D eigenvalue weighted by atomic mass is 10.1. The van der Waals surface area contributed by atoms with Gasteiger partial charge in [-0.05, 0) is 49.9 Å². The van der Waals surface area contributed by atoms with Crippen LogP contribution in [0.3, 0.4) is 0 Å². The van der Waals surface area contributed by atoms with Crippen LogP contribution in [0, 0.1) is 0 Å². The second-order valence-electron chi connectivity index (χ2n) is 8.39. The van der Waals surface area contributed by atoms with Crippen LogP contribution in [-0.4, -0.2) is 84.7 Å². The summed E-state index contributed by atoms with van der Waals surface area (Å²) in [7, 11) is 0. The summed E-state index contributed by atoms with van der Waals surface area (Å²) in [5.41, 5.74) is 0.609. The Morgan fingerprint density at radius 2 is 1.45 bits per heavy atom. The van der Waals surface area contributed by atoms with E-state index in [-0.39, 0.29) is 30.4 Å². The number of ketones is 1. The summed E-state index contributed by atoms with van der Waals surface area (Å²) in [6.45, 7) is 7.54. The van der Waals surface area contributed by atoms with Gasteiger partial charge in [0.25, 0.3) is 0 Å². The highest BCUT2D eigenvalue weighted by molar-refractivity contribution is 5.98. The van der Waals surface area contributed by atoms with Crippen LogP contribution >= 0.6 is 0 Å². The second-order valence-corrected chi connectivity index (χ2v) is 8.39. The van der Waals surface area contributed by atoms with Gasteiger partial charge in [0.05, 0.1) is 13.2 Å². The summed E-state index contributed by atoms with van der Waals surface area (Å²) >= 11 is 0. The predicted molar refractivity (Wildman–Crippen MR) is 119 cm³/mol.